The third-order valence-corrected chi connectivity index (χ3v) is 4.60. The fourth-order valence-corrected chi connectivity index (χ4v) is 2.92. The molecule has 0 amide bonds. The molecule has 4 nitrogen and oxygen atoms in total. The van der Waals surface area contributed by atoms with Crippen LogP contribution in [0, 0.1) is 0 Å². The van der Waals surface area contributed by atoms with E-state index in [1.807, 2.05) is 7.05 Å². The van der Waals surface area contributed by atoms with Gasteiger partial charge in [-0.1, -0.05) is 49.8 Å². The molecular formula is C21H33N3O. The Morgan fingerprint density at radius 1 is 1.12 bits per heavy atom. The van der Waals surface area contributed by atoms with E-state index >= 15 is 0 Å². The predicted octanol–water partition coefficient (Wildman–Crippen LogP) is 3.64. The van der Waals surface area contributed by atoms with Crippen molar-refractivity contribution >= 4 is 5.96 Å². The molecule has 0 aromatic heterocycles. The van der Waals surface area contributed by atoms with Gasteiger partial charge in [0.05, 0.1) is 13.2 Å². The normalized spacial score (nSPS) is 15.2. The molecule has 25 heavy (non-hydrogen) atoms. The predicted molar refractivity (Wildman–Crippen MR) is 106 cm³/mol. The zero-order chi connectivity index (χ0) is 17.9. The average Bonchev–Trinajstić information content (AvgIpc) is 2.65. The summed E-state index contributed by atoms with van der Waals surface area (Å²) in [7, 11) is 1.83. The van der Waals surface area contributed by atoms with Gasteiger partial charge in [-0.25, -0.2) is 0 Å². The van der Waals surface area contributed by atoms with Crippen molar-refractivity contribution in [3.8, 4) is 0 Å². The quantitative estimate of drug-likeness (QED) is 0.328. The van der Waals surface area contributed by atoms with Crippen LogP contribution in [0.2, 0.25) is 0 Å². The molecule has 0 saturated heterocycles. The van der Waals surface area contributed by atoms with Crippen molar-refractivity contribution in [1.29, 1.82) is 0 Å². The van der Waals surface area contributed by atoms with Crippen LogP contribution < -0.4 is 10.6 Å². The summed E-state index contributed by atoms with van der Waals surface area (Å²) in [6.07, 6.45) is 6.51. The number of hydrogen-bond acceptors (Lipinski definition) is 2. The highest BCUT2D eigenvalue weighted by atomic mass is 16.5. The Kier molecular flexibility index (Phi) is 8.53. The Hall–Kier alpha value is -1.81. The number of aryl methyl sites for hydroxylation is 1. The van der Waals surface area contributed by atoms with E-state index in [2.05, 4.69) is 59.8 Å². The second-order valence-electron chi connectivity index (χ2n) is 6.86. The van der Waals surface area contributed by atoms with Crippen LogP contribution in [0.4, 0.5) is 0 Å². The lowest BCUT2D eigenvalue weighted by atomic mass is 10.0. The summed E-state index contributed by atoms with van der Waals surface area (Å²) >= 11 is 0. The van der Waals surface area contributed by atoms with E-state index in [1.54, 1.807) is 0 Å². The molecule has 1 heterocycles. The van der Waals surface area contributed by atoms with Crippen LogP contribution in [0.1, 0.15) is 50.2 Å². The fourth-order valence-electron chi connectivity index (χ4n) is 2.92. The molecule has 0 saturated carbocycles. The average molecular weight is 344 g/mol. The van der Waals surface area contributed by atoms with Crippen LogP contribution >= 0.6 is 0 Å². The van der Waals surface area contributed by atoms with E-state index in [0.717, 1.165) is 57.9 Å². The highest BCUT2D eigenvalue weighted by Gasteiger charge is 2.04. The molecule has 0 atom stereocenters. The summed E-state index contributed by atoms with van der Waals surface area (Å²) in [5.74, 6) is 1.49. The lowest BCUT2D eigenvalue weighted by Crippen LogP contribution is -2.38. The van der Waals surface area contributed by atoms with Gasteiger partial charge in [-0.3, -0.25) is 4.99 Å². The van der Waals surface area contributed by atoms with E-state index in [1.165, 1.54) is 16.7 Å². The molecule has 0 radical (unpaired) electrons. The minimum atomic E-state index is 0.599. The van der Waals surface area contributed by atoms with Crippen molar-refractivity contribution in [1.82, 2.24) is 10.6 Å². The van der Waals surface area contributed by atoms with Gasteiger partial charge >= 0.3 is 0 Å². The number of benzene rings is 1. The highest BCUT2D eigenvalue weighted by molar-refractivity contribution is 5.79. The molecule has 138 valence electrons. The summed E-state index contributed by atoms with van der Waals surface area (Å²) in [5, 5.41) is 6.79. The number of guanidine groups is 1. The maximum Gasteiger partial charge on any atom is 0.190 e. The SMILES string of the molecule is CN=C(NCCCc1ccc(C(C)C)cc1)NCCC1=CCOCC1. The van der Waals surface area contributed by atoms with Gasteiger partial charge in [0, 0.05) is 20.1 Å². The topological polar surface area (TPSA) is 45.7 Å². The van der Waals surface area contributed by atoms with Crippen LogP contribution in [0.5, 0.6) is 0 Å². The number of aliphatic imine (C=N–C) groups is 1. The van der Waals surface area contributed by atoms with Crippen molar-refractivity contribution < 1.29 is 4.74 Å². The molecule has 1 aromatic carbocycles. The fraction of sp³-hybridized carbons (Fsp3) is 0.571. The molecule has 2 rings (SSSR count). The third kappa shape index (κ3) is 7.30. The second-order valence-corrected chi connectivity index (χ2v) is 6.86. The van der Waals surface area contributed by atoms with Crippen molar-refractivity contribution in [2.24, 2.45) is 4.99 Å². The van der Waals surface area contributed by atoms with E-state index in [-0.39, 0.29) is 0 Å². The standard InChI is InChI=1S/C21H33N3O/c1-17(2)20-8-6-18(7-9-20)5-4-13-23-21(22-3)24-14-10-19-11-15-25-16-12-19/h6-9,11,17H,4-5,10,12-16H2,1-3H3,(H2,22,23,24). The largest absolute Gasteiger partial charge is 0.377 e. The molecule has 4 heteroatoms. The maximum absolute atomic E-state index is 5.34. The second kappa shape index (κ2) is 10.9. The zero-order valence-electron chi connectivity index (χ0n) is 16.0. The first-order valence-electron chi connectivity index (χ1n) is 9.48. The number of nitrogens with zero attached hydrogens (tertiary/aromatic N) is 1. The number of ether oxygens (including phenoxy) is 1. The molecule has 0 unspecified atom stereocenters. The molecule has 0 bridgehead atoms. The van der Waals surface area contributed by atoms with Gasteiger partial charge < -0.3 is 15.4 Å². The van der Waals surface area contributed by atoms with E-state index < -0.39 is 0 Å². The molecule has 0 fully saturated rings. The van der Waals surface area contributed by atoms with Crippen molar-refractivity contribution in [3.63, 3.8) is 0 Å². The lowest BCUT2D eigenvalue weighted by Gasteiger charge is -2.15. The van der Waals surface area contributed by atoms with Crippen LogP contribution in [-0.4, -0.2) is 39.3 Å². The third-order valence-electron chi connectivity index (χ3n) is 4.60. The van der Waals surface area contributed by atoms with Gasteiger partial charge in [0.2, 0.25) is 0 Å². The van der Waals surface area contributed by atoms with Crippen LogP contribution in [0.25, 0.3) is 0 Å². The Balaban J connectivity index is 1.61. The highest BCUT2D eigenvalue weighted by Crippen LogP contribution is 2.15. The monoisotopic (exact) mass is 343 g/mol. The first-order chi connectivity index (χ1) is 12.2. The molecular weight excluding hydrogens is 310 g/mol. The van der Waals surface area contributed by atoms with Crippen LogP contribution in [-0.2, 0) is 11.2 Å². The minimum Gasteiger partial charge on any atom is -0.377 e. The summed E-state index contributed by atoms with van der Waals surface area (Å²) in [6, 6.07) is 9.01. The van der Waals surface area contributed by atoms with Crippen molar-refractivity contribution in [3.05, 3.63) is 47.0 Å². The first-order valence-corrected chi connectivity index (χ1v) is 9.48. The Bertz CT molecular complexity index is 561. The summed E-state index contributed by atoms with van der Waals surface area (Å²) in [6.45, 7) is 7.94. The zero-order valence-corrected chi connectivity index (χ0v) is 16.0. The van der Waals surface area contributed by atoms with Crippen molar-refractivity contribution in [2.45, 2.75) is 45.4 Å². The van der Waals surface area contributed by atoms with E-state index in [4.69, 9.17) is 4.74 Å². The Morgan fingerprint density at radius 3 is 2.52 bits per heavy atom. The van der Waals surface area contributed by atoms with Gasteiger partial charge in [0.15, 0.2) is 5.96 Å². The van der Waals surface area contributed by atoms with Gasteiger partial charge in [-0.2, -0.15) is 0 Å². The molecule has 1 aliphatic rings. The molecule has 1 aliphatic heterocycles. The maximum atomic E-state index is 5.34. The van der Waals surface area contributed by atoms with Gasteiger partial charge in [0.25, 0.3) is 0 Å². The molecule has 2 N–H and O–H groups in total. The van der Waals surface area contributed by atoms with Crippen molar-refractivity contribution in [2.75, 3.05) is 33.4 Å². The molecule has 0 aliphatic carbocycles. The molecule has 0 spiro atoms. The van der Waals surface area contributed by atoms with Crippen LogP contribution in [0.15, 0.2) is 40.9 Å². The smallest absolute Gasteiger partial charge is 0.190 e. The van der Waals surface area contributed by atoms with Gasteiger partial charge in [-0.05, 0) is 42.7 Å². The lowest BCUT2D eigenvalue weighted by molar-refractivity contribution is 0.153. The number of hydrogen-bond donors (Lipinski definition) is 2. The van der Waals surface area contributed by atoms with Crippen LogP contribution in [0.3, 0.4) is 0 Å². The summed E-state index contributed by atoms with van der Waals surface area (Å²) in [4.78, 5) is 4.30. The van der Waals surface area contributed by atoms with Gasteiger partial charge in [0.1, 0.15) is 0 Å². The van der Waals surface area contributed by atoms with E-state index in [0.29, 0.717) is 5.92 Å². The first kappa shape index (κ1) is 19.5. The summed E-state index contributed by atoms with van der Waals surface area (Å²) < 4.78 is 5.34. The molecule has 1 aromatic rings. The Labute approximate surface area is 152 Å². The summed E-state index contributed by atoms with van der Waals surface area (Å²) in [5.41, 5.74) is 4.30. The van der Waals surface area contributed by atoms with Gasteiger partial charge in [-0.15, -0.1) is 0 Å². The minimum absolute atomic E-state index is 0.599. The Morgan fingerprint density at radius 2 is 1.88 bits per heavy atom. The number of rotatable bonds is 8. The van der Waals surface area contributed by atoms with E-state index in [9.17, 15) is 0 Å². The number of nitrogens with one attached hydrogen (secondary N) is 2.